The summed E-state index contributed by atoms with van der Waals surface area (Å²) in [4.78, 5) is 2.57. The topological polar surface area (TPSA) is 29.3 Å². The SMILES string of the molecule is CCCC(N)CCN1CCSC(C)C1. The Kier molecular flexibility index (Phi) is 5.90. The van der Waals surface area contributed by atoms with E-state index >= 15 is 0 Å². The van der Waals surface area contributed by atoms with Gasteiger partial charge in [-0.05, 0) is 19.4 Å². The molecule has 0 aromatic rings. The summed E-state index contributed by atoms with van der Waals surface area (Å²) in [5, 5.41) is 0.811. The second kappa shape index (κ2) is 6.70. The predicted molar refractivity (Wildman–Crippen MR) is 65.9 cm³/mol. The van der Waals surface area contributed by atoms with Gasteiger partial charge in [0.2, 0.25) is 0 Å². The maximum Gasteiger partial charge on any atom is 0.0147 e. The van der Waals surface area contributed by atoms with Gasteiger partial charge in [0.05, 0.1) is 0 Å². The predicted octanol–water partition coefficient (Wildman–Crippen LogP) is 1.94. The lowest BCUT2D eigenvalue weighted by atomic mass is 10.1. The van der Waals surface area contributed by atoms with Crippen LogP contribution in [-0.4, -0.2) is 41.6 Å². The van der Waals surface area contributed by atoms with Crippen LogP contribution in [0.15, 0.2) is 0 Å². The van der Waals surface area contributed by atoms with Gasteiger partial charge < -0.3 is 10.6 Å². The number of rotatable bonds is 5. The summed E-state index contributed by atoms with van der Waals surface area (Å²) in [6, 6.07) is 0.421. The molecule has 1 aliphatic rings. The van der Waals surface area contributed by atoms with Gasteiger partial charge in [-0.25, -0.2) is 0 Å². The number of thioether (sulfide) groups is 1. The molecule has 2 unspecified atom stereocenters. The van der Waals surface area contributed by atoms with E-state index in [2.05, 4.69) is 30.5 Å². The van der Waals surface area contributed by atoms with Crippen LogP contribution in [0.25, 0.3) is 0 Å². The van der Waals surface area contributed by atoms with Gasteiger partial charge in [0, 0.05) is 30.1 Å². The molecule has 84 valence electrons. The molecule has 0 amide bonds. The number of nitrogens with two attached hydrogens (primary N) is 1. The minimum absolute atomic E-state index is 0.421. The minimum Gasteiger partial charge on any atom is -0.328 e. The Bertz CT molecular complexity index is 152. The highest BCUT2D eigenvalue weighted by Crippen LogP contribution is 2.17. The van der Waals surface area contributed by atoms with E-state index in [-0.39, 0.29) is 0 Å². The Morgan fingerprint density at radius 3 is 2.93 bits per heavy atom. The minimum atomic E-state index is 0.421. The highest BCUT2D eigenvalue weighted by Gasteiger charge is 2.16. The van der Waals surface area contributed by atoms with Crippen molar-refractivity contribution in [2.45, 2.75) is 44.4 Å². The second-order valence-corrected chi connectivity index (χ2v) is 5.87. The van der Waals surface area contributed by atoms with Crippen molar-refractivity contribution >= 4 is 11.8 Å². The Labute approximate surface area is 92.6 Å². The monoisotopic (exact) mass is 216 g/mol. The summed E-state index contributed by atoms with van der Waals surface area (Å²) in [5.41, 5.74) is 6.00. The lowest BCUT2D eigenvalue weighted by molar-refractivity contribution is 0.272. The Balaban J connectivity index is 2.10. The Morgan fingerprint density at radius 1 is 1.50 bits per heavy atom. The Morgan fingerprint density at radius 2 is 2.29 bits per heavy atom. The van der Waals surface area contributed by atoms with Crippen LogP contribution in [0.1, 0.15) is 33.1 Å². The van der Waals surface area contributed by atoms with Crippen molar-refractivity contribution in [3.8, 4) is 0 Å². The molecule has 1 heterocycles. The van der Waals surface area contributed by atoms with Crippen LogP contribution < -0.4 is 5.73 Å². The number of hydrogen-bond donors (Lipinski definition) is 1. The van der Waals surface area contributed by atoms with Crippen LogP contribution in [0.4, 0.5) is 0 Å². The zero-order valence-corrected chi connectivity index (χ0v) is 10.4. The van der Waals surface area contributed by atoms with E-state index in [0.29, 0.717) is 6.04 Å². The lowest BCUT2D eigenvalue weighted by Crippen LogP contribution is -2.39. The summed E-state index contributed by atoms with van der Waals surface area (Å²) in [6.07, 6.45) is 3.57. The fourth-order valence-corrected chi connectivity index (χ4v) is 3.04. The van der Waals surface area contributed by atoms with E-state index in [9.17, 15) is 0 Å². The molecule has 0 radical (unpaired) electrons. The maximum absolute atomic E-state index is 6.00. The van der Waals surface area contributed by atoms with Gasteiger partial charge in [0.1, 0.15) is 0 Å². The molecule has 0 bridgehead atoms. The first-order chi connectivity index (χ1) is 6.72. The van der Waals surface area contributed by atoms with Gasteiger partial charge in [0.25, 0.3) is 0 Å². The first kappa shape index (κ1) is 12.3. The highest BCUT2D eigenvalue weighted by molar-refractivity contribution is 7.99. The summed E-state index contributed by atoms with van der Waals surface area (Å²) in [6.45, 7) is 8.24. The van der Waals surface area contributed by atoms with Crippen molar-refractivity contribution in [2.75, 3.05) is 25.4 Å². The van der Waals surface area contributed by atoms with Crippen LogP contribution >= 0.6 is 11.8 Å². The van der Waals surface area contributed by atoms with Crippen molar-refractivity contribution in [3.63, 3.8) is 0 Å². The van der Waals surface area contributed by atoms with Crippen LogP contribution in [0, 0.1) is 0 Å². The van der Waals surface area contributed by atoms with Gasteiger partial charge in [-0.3, -0.25) is 0 Å². The normalized spacial score (nSPS) is 26.4. The first-order valence-corrected chi connectivity index (χ1v) is 6.86. The van der Waals surface area contributed by atoms with E-state index < -0.39 is 0 Å². The quantitative estimate of drug-likeness (QED) is 0.761. The number of hydrogen-bond acceptors (Lipinski definition) is 3. The smallest absolute Gasteiger partial charge is 0.0147 e. The highest BCUT2D eigenvalue weighted by atomic mass is 32.2. The lowest BCUT2D eigenvalue weighted by Gasteiger charge is -2.31. The molecule has 2 atom stereocenters. The third kappa shape index (κ3) is 4.67. The zero-order chi connectivity index (χ0) is 10.4. The average Bonchev–Trinajstić information content (AvgIpc) is 2.15. The maximum atomic E-state index is 6.00. The van der Waals surface area contributed by atoms with Crippen LogP contribution in [0.5, 0.6) is 0 Å². The molecule has 2 N–H and O–H groups in total. The molecule has 1 saturated heterocycles. The molecule has 1 rings (SSSR count). The fraction of sp³-hybridized carbons (Fsp3) is 1.00. The summed E-state index contributed by atoms with van der Waals surface area (Å²) in [5.74, 6) is 1.30. The van der Waals surface area contributed by atoms with Crippen molar-refractivity contribution in [1.29, 1.82) is 0 Å². The van der Waals surface area contributed by atoms with E-state index in [1.54, 1.807) is 0 Å². The van der Waals surface area contributed by atoms with Gasteiger partial charge in [-0.1, -0.05) is 20.3 Å². The van der Waals surface area contributed by atoms with Gasteiger partial charge in [-0.2, -0.15) is 11.8 Å². The van der Waals surface area contributed by atoms with E-state index in [4.69, 9.17) is 5.73 Å². The van der Waals surface area contributed by atoms with Crippen LogP contribution in [0.3, 0.4) is 0 Å². The third-order valence-electron chi connectivity index (χ3n) is 2.80. The van der Waals surface area contributed by atoms with Gasteiger partial charge in [0.15, 0.2) is 0 Å². The van der Waals surface area contributed by atoms with Crippen molar-refractivity contribution in [1.82, 2.24) is 4.90 Å². The number of nitrogens with zero attached hydrogens (tertiary/aromatic N) is 1. The van der Waals surface area contributed by atoms with E-state index in [1.165, 1.54) is 44.6 Å². The molecule has 0 saturated carbocycles. The van der Waals surface area contributed by atoms with Gasteiger partial charge >= 0.3 is 0 Å². The van der Waals surface area contributed by atoms with E-state index in [0.717, 1.165) is 5.25 Å². The van der Waals surface area contributed by atoms with Gasteiger partial charge in [-0.15, -0.1) is 0 Å². The molecule has 2 nitrogen and oxygen atoms in total. The van der Waals surface area contributed by atoms with Crippen LogP contribution in [0.2, 0.25) is 0 Å². The van der Waals surface area contributed by atoms with Crippen LogP contribution in [-0.2, 0) is 0 Å². The molecule has 0 aromatic heterocycles. The largest absolute Gasteiger partial charge is 0.328 e. The molecule has 0 aromatic carbocycles. The standard InChI is InChI=1S/C11H24N2S/c1-3-4-11(12)5-6-13-7-8-14-10(2)9-13/h10-11H,3-9,12H2,1-2H3. The van der Waals surface area contributed by atoms with E-state index in [1.807, 2.05) is 0 Å². The first-order valence-electron chi connectivity index (χ1n) is 5.82. The molecule has 0 aliphatic carbocycles. The molecular formula is C11H24N2S. The molecule has 14 heavy (non-hydrogen) atoms. The average molecular weight is 216 g/mol. The van der Waals surface area contributed by atoms with Crippen molar-refractivity contribution < 1.29 is 0 Å². The zero-order valence-electron chi connectivity index (χ0n) is 9.54. The molecule has 3 heteroatoms. The van der Waals surface area contributed by atoms with Crippen molar-refractivity contribution in [3.05, 3.63) is 0 Å². The summed E-state index contributed by atoms with van der Waals surface area (Å²) in [7, 11) is 0. The fourth-order valence-electron chi connectivity index (χ4n) is 1.96. The molecule has 1 aliphatic heterocycles. The summed E-state index contributed by atoms with van der Waals surface area (Å²) >= 11 is 2.09. The third-order valence-corrected chi connectivity index (χ3v) is 3.94. The molecule has 0 spiro atoms. The molecule has 1 fully saturated rings. The Hall–Kier alpha value is 0.270. The summed E-state index contributed by atoms with van der Waals surface area (Å²) < 4.78 is 0. The van der Waals surface area contributed by atoms with Crippen molar-refractivity contribution in [2.24, 2.45) is 5.73 Å². The molecular weight excluding hydrogens is 192 g/mol. The second-order valence-electron chi connectivity index (χ2n) is 4.32.